The monoisotopic (exact) mass is 282 g/mol. The minimum absolute atomic E-state index is 0.293. The first-order valence-corrected chi connectivity index (χ1v) is 13.3. The Morgan fingerprint density at radius 1 is 1.06 bits per heavy atom. The van der Waals surface area contributed by atoms with Gasteiger partial charge in [-0.25, -0.2) is 4.67 Å². The summed E-state index contributed by atoms with van der Waals surface area (Å²) >= 11 is 0. The maximum Gasteiger partial charge on any atom is 0.116 e. The summed E-state index contributed by atoms with van der Waals surface area (Å²) in [7, 11) is 1.36. The average molecular weight is 282 g/mol. The van der Waals surface area contributed by atoms with Gasteiger partial charge in [0, 0.05) is 25.2 Å². The zero-order valence-corrected chi connectivity index (χ0v) is 15.2. The Hall–Kier alpha value is 1.25. The van der Waals surface area contributed by atoms with Gasteiger partial charge in [0.05, 0.1) is 19.5 Å². The first-order valence-electron chi connectivity index (χ1n) is 6.19. The second-order valence-corrected chi connectivity index (χ2v) is 17.3. The number of nitrogens with zero attached hydrogens (tertiary/aromatic N) is 1. The molecular formula is C12H31NP3+. The molecule has 0 amide bonds. The topological polar surface area (TPSA) is 3.24 Å². The van der Waals surface area contributed by atoms with E-state index in [-0.39, 0.29) is 0 Å². The van der Waals surface area contributed by atoms with Crippen LogP contribution in [-0.2, 0) is 0 Å². The van der Waals surface area contributed by atoms with E-state index in [1.54, 1.807) is 0 Å². The SMILES string of the molecule is CC(C)N(P[P+](C)(C)CCP(C)C)C(C)C. The molecular weight excluding hydrogens is 251 g/mol. The predicted octanol–water partition coefficient (Wildman–Crippen LogP) is 4.63. The third-order valence-electron chi connectivity index (χ3n) is 2.61. The summed E-state index contributed by atoms with van der Waals surface area (Å²) in [6.07, 6.45) is 2.95. The fourth-order valence-corrected chi connectivity index (χ4v) is 10.9. The van der Waals surface area contributed by atoms with Crippen molar-refractivity contribution in [2.24, 2.45) is 0 Å². The molecule has 1 unspecified atom stereocenters. The summed E-state index contributed by atoms with van der Waals surface area (Å²) in [6.45, 7) is 18.5. The molecule has 0 fully saturated rings. The zero-order valence-electron chi connectivity index (χ0n) is 12.4. The second kappa shape index (κ2) is 7.63. The van der Waals surface area contributed by atoms with E-state index in [4.69, 9.17) is 0 Å². The summed E-state index contributed by atoms with van der Waals surface area (Å²) < 4.78 is 2.70. The van der Waals surface area contributed by atoms with Crippen LogP contribution in [0.25, 0.3) is 0 Å². The van der Waals surface area contributed by atoms with Crippen molar-refractivity contribution in [2.75, 3.05) is 39.0 Å². The molecule has 0 bridgehead atoms. The van der Waals surface area contributed by atoms with Gasteiger partial charge in [-0.05, 0) is 41.0 Å². The van der Waals surface area contributed by atoms with Gasteiger partial charge in [-0.1, -0.05) is 0 Å². The van der Waals surface area contributed by atoms with Crippen LogP contribution in [0.3, 0.4) is 0 Å². The van der Waals surface area contributed by atoms with Gasteiger partial charge in [0.25, 0.3) is 0 Å². The van der Waals surface area contributed by atoms with Gasteiger partial charge in [0.2, 0.25) is 0 Å². The Labute approximate surface area is 107 Å². The molecule has 0 aliphatic carbocycles. The third-order valence-corrected chi connectivity index (χ3v) is 10.2. The molecule has 0 N–H and O–H groups in total. The van der Waals surface area contributed by atoms with E-state index in [1.807, 2.05) is 0 Å². The number of hydrogen-bond donors (Lipinski definition) is 0. The summed E-state index contributed by atoms with van der Waals surface area (Å²) in [4.78, 5) is 0. The molecule has 0 aliphatic rings. The molecule has 0 spiro atoms. The molecule has 4 heteroatoms. The maximum atomic E-state index is 2.70. The highest BCUT2D eigenvalue weighted by atomic mass is 32.1. The molecule has 0 aromatic heterocycles. The highest BCUT2D eigenvalue weighted by Gasteiger charge is 2.31. The van der Waals surface area contributed by atoms with Crippen LogP contribution in [0.1, 0.15) is 27.7 Å². The summed E-state index contributed by atoms with van der Waals surface area (Å²) in [5, 5.41) is 0. The van der Waals surface area contributed by atoms with Gasteiger partial charge in [0.1, 0.15) is 8.42 Å². The highest BCUT2D eigenvalue weighted by molar-refractivity contribution is 8.30. The van der Waals surface area contributed by atoms with E-state index < -0.39 is 6.95 Å². The predicted molar refractivity (Wildman–Crippen MR) is 87.7 cm³/mol. The van der Waals surface area contributed by atoms with Gasteiger partial charge in [0.15, 0.2) is 0 Å². The van der Waals surface area contributed by atoms with Crippen molar-refractivity contribution < 1.29 is 0 Å². The van der Waals surface area contributed by atoms with Crippen molar-refractivity contribution in [3.05, 3.63) is 0 Å². The van der Waals surface area contributed by atoms with Crippen molar-refractivity contribution >= 4 is 23.3 Å². The number of hydrogen-bond acceptors (Lipinski definition) is 1. The lowest BCUT2D eigenvalue weighted by Crippen LogP contribution is -2.29. The van der Waals surface area contributed by atoms with Crippen molar-refractivity contribution in [3.8, 4) is 0 Å². The van der Waals surface area contributed by atoms with Crippen LogP contribution >= 0.6 is 23.3 Å². The van der Waals surface area contributed by atoms with Gasteiger partial charge >= 0.3 is 0 Å². The lowest BCUT2D eigenvalue weighted by Gasteiger charge is -2.33. The smallest absolute Gasteiger partial charge is 0.116 e. The number of rotatable bonds is 7. The summed E-state index contributed by atoms with van der Waals surface area (Å²) in [6, 6.07) is 1.39. The quantitative estimate of drug-likeness (QED) is 0.615. The van der Waals surface area contributed by atoms with E-state index in [9.17, 15) is 0 Å². The Bertz CT molecular complexity index is 183. The highest BCUT2D eigenvalue weighted by Crippen LogP contribution is 2.71. The minimum Gasteiger partial charge on any atom is -0.248 e. The van der Waals surface area contributed by atoms with Gasteiger partial charge in [-0.2, -0.15) is 0 Å². The van der Waals surface area contributed by atoms with Gasteiger partial charge < -0.3 is 0 Å². The Morgan fingerprint density at radius 3 is 1.81 bits per heavy atom. The molecule has 0 radical (unpaired) electrons. The van der Waals surface area contributed by atoms with Crippen molar-refractivity contribution in [2.45, 2.75) is 39.8 Å². The molecule has 0 saturated carbocycles. The molecule has 1 nitrogen and oxygen atoms in total. The van der Waals surface area contributed by atoms with E-state index in [0.29, 0.717) is 20.0 Å². The Kier molecular flexibility index (Phi) is 8.23. The van der Waals surface area contributed by atoms with Crippen molar-refractivity contribution in [1.29, 1.82) is 0 Å². The molecule has 0 aromatic carbocycles. The van der Waals surface area contributed by atoms with Gasteiger partial charge in [-0.3, -0.25) is 0 Å². The Balaban J connectivity index is 4.30. The largest absolute Gasteiger partial charge is 0.248 e. The van der Waals surface area contributed by atoms with Crippen molar-refractivity contribution in [3.63, 3.8) is 0 Å². The normalized spacial score (nSPS) is 14.2. The van der Waals surface area contributed by atoms with Crippen LogP contribution in [0.15, 0.2) is 0 Å². The standard InChI is InChI=1S/C12H31NP3/c1-11(2)13(12(3)4)14-16(7,8)10-9-15(5)6/h11-12,14H,9-10H2,1-8H3/q+1. The average Bonchev–Trinajstić information content (AvgIpc) is 2.10. The summed E-state index contributed by atoms with van der Waals surface area (Å²) in [5.74, 6) is 0. The summed E-state index contributed by atoms with van der Waals surface area (Å²) in [5.41, 5.74) is 0. The molecule has 0 saturated heterocycles. The first kappa shape index (κ1) is 17.2. The maximum absolute atomic E-state index is 2.70. The van der Waals surface area contributed by atoms with Gasteiger partial charge in [-0.15, -0.1) is 7.92 Å². The first-order chi connectivity index (χ1) is 7.15. The van der Waals surface area contributed by atoms with Crippen LogP contribution in [-0.4, -0.2) is 55.7 Å². The lowest BCUT2D eigenvalue weighted by atomic mass is 10.3. The molecule has 0 aromatic rings. The van der Waals surface area contributed by atoms with Crippen molar-refractivity contribution in [1.82, 2.24) is 4.67 Å². The van der Waals surface area contributed by atoms with E-state index in [0.717, 1.165) is 8.42 Å². The fraction of sp³-hybridized carbons (Fsp3) is 1.00. The zero-order chi connectivity index (χ0) is 12.9. The molecule has 16 heavy (non-hydrogen) atoms. The third kappa shape index (κ3) is 7.55. The van der Waals surface area contributed by atoms with Crippen LogP contribution in [0.2, 0.25) is 0 Å². The molecule has 0 aliphatic heterocycles. The molecule has 0 heterocycles. The fourth-order valence-electron chi connectivity index (χ4n) is 1.64. The van der Waals surface area contributed by atoms with Crippen LogP contribution < -0.4 is 0 Å². The second-order valence-electron chi connectivity index (χ2n) is 5.91. The lowest BCUT2D eigenvalue weighted by molar-refractivity contribution is 0.332. The van der Waals surface area contributed by atoms with Crippen LogP contribution in [0.4, 0.5) is 0 Å². The molecule has 98 valence electrons. The van der Waals surface area contributed by atoms with Crippen LogP contribution in [0, 0.1) is 0 Å². The van der Waals surface area contributed by atoms with E-state index >= 15 is 0 Å². The molecule has 1 atom stereocenters. The molecule has 0 rings (SSSR count). The van der Waals surface area contributed by atoms with E-state index in [2.05, 4.69) is 59.0 Å². The Morgan fingerprint density at radius 2 is 1.50 bits per heavy atom. The minimum atomic E-state index is -0.690. The van der Waals surface area contributed by atoms with Crippen LogP contribution in [0.5, 0.6) is 0 Å². The van der Waals surface area contributed by atoms with E-state index in [1.165, 1.54) is 12.3 Å².